The SMILES string of the molecule is C[C@@H](NC(=O)c1ccc(=O)n(-c2cncc(-c3cnnn3[C@@H]3CC3(F)F)c2)n1)c1cccc(C(C)(F)F)c1F. The first kappa shape index (κ1) is 26.1. The van der Waals surface area contributed by atoms with Crippen LogP contribution in [-0.2, 0) is 5.92 Å². The molecule has 9 nitrogen and oxygen atoms in total. The molecule has 1 aliphatic rings. The third-order valence-corrected chi connectivity index (χ3v) is 6.28. The van der Waals surface area contributed by atoms with Gasteiger partial charge in [-0.2, -0.15) is 9.78 Å². The number of carbonyl (C=O) groups excluding carboxylic acids is 1. The molecule has 1 saturated carbocycles. The Morgan fingerprint density at radius 1 is 1.18 bits per heavy atom. The highest BCUT2D eigenvalue weighted by Gasteiger charge is 2.59. The van der Waals surface area contributed by atoms with Crippen molar-refractivity contribution in [1.82, 2.24) is 35.1 Å². The maximum Gasteiger partial charge on any atom is 0.273 e. The van der Waals surface area contributed by atoms with E-state index in [1.807, 2.05) is 0 Å². The van der Waals surface area contributed by atoms with E-state index in [0.29, 0.717) is 12.5 Å². The van der Waals surface area contributed by atoms with E-state index in [9.17, 15) is 31.5 Å². The average molecular weight is 545 g/mol. The number of benzene rings is 1. The zero-order valence-corrected chi connectivity index (χ0v) is 20.4. The molecule has 3 heterocycles. The van der Waals surface area contributed by atoms with Gasteiger partial charge in [0.05, 0.1) is 35.4 Å². The summed E-state index contributed by atoms with van der Waals surface area (Å²) in [5.74, 6) is -8.26. The molecule has 14 heteroatoms. The Balaban J connectivity index is 1.41. The lowest BCUT2D eigenvalue weighted by molar-refractivity contribution is 0.0135. The summed E-state index contributed by atoms with van der Waals surface area (Å²) in [6.45, 7) is 1.98. The molecule has 5 rings (SSSR count). The number of nitrogens with zero attached hydrogens (tertiary/aromatic N) is 6. The first-order valence-corrected chi connectivity index (χ1v) is 11.7. The van der Waals surface area contributed by atoms with Gasteiger partial charge in [-0.3, -0.25) is 14.6 Å². The van der Waals surface area contributed by atoms with Crippen LogP contribution in [0.25, 0.3) is 16.9 Å². The number of rotatable bonds is 7. The first-order chi connectivity index (χ1) is 18.4. The molecule has 1 aromatic carbocycles. The van der Waals surface area contributed by atoms with Crippen molar-refractivity contribution in [2.45, 2.75) is 44.2 Å². The number of carbonyl (C=O) groups is 1. The van der Waals surface area contributed by atoms with Crippen LogP contribution in [0.5, 0.6) is 0 Å². The monoisotopic (exact) mass is 545 g/mol. The lowest BCUT2D eigenvalue weighted by atomic mass is 10.0. The minimum Gasteiger partial charge on any atom is -0.344 e. The van der Waals surface area contributed by atoms with Crippen molar-refractivity contribution in [3.05, 3.63) is 88.0 Å². The molecule has 39 heavy (non-hydrogen) atoms. The molecular weight excluding hydrogens is 525 g/mol. The molecule has 202 valence electrons. The third-order valence-electron chi connectivity index (χ3n) is 6.28. The van der Waals surface area contributed by atoms with E-state index in [2.05, 4.69) is 25.7 Å². The molecule has 1 amide bonds. The Morgan fingerprint density at radius 3 is 2.62 bits per heavy atom. The lowest BCUT2D eigenvalue weighted by Crippen LogP contribution is -2.31. The second-order valence-electron chi connectivity index (χ2n) is 9.24. The molecule has 4 aromatic rings. The summed E-state index contributed by atoms with van der Waals surface area (Å²) in [7, 11) is 0. The van der Waals surface area contributed by atoms with Gasteiger partial charge in [-0.15, -0.1) is 5.10 Å². The van der Waals surface area contributed by atoms with E-state index in [1.165, 1.54) is 43.7 Å². The average Bonchev–Trinajstić information content (AvgIpc) is 3.27. The third kappa shape index (κ3) is 5.01. The zero-order valence-electron chi connectivity index (χ0n) is 20.4. The molecule has 0 bridgehead atoms. The Hall–Kier alpha value is -4.49. The second-order valence-corrected chi connectivity index (χ2v) is 9.24. The largest absolute Gasteiger partial charge is 0.344 e. The lowest BCUT2D eigenvalue weighted by Gasteiger charge is -2.19. The molecule has 0 saturated heterocycles. The van der Waals surface area contributed by atoms with Gasteiger partial charge in [-0.05, 0) is 19.1 Å². The fraction of sp³-hybridized carbons (Fsp3) is 0.280. The number of halogens is 5. The number of amides is 1. The topological polar surface area (TPSA) is 108 Å². The van der Waals surface area contributed by atoms with Gasteiger partial charge < -0.3 is 5.32 Å². The summed E-state index contributed by atoms with van der Waals surface area (Å²) in [6.07, 6.45) is 3.58. The molecule has 3 aromatic heterocycles. The van der Waals surface area contributed by atoms with Crippen LogP contribution >= 0.6 is 0 Å². The molecule has 1 fully saturated rings. The van der Waals surface area contributed by atoms with Crippen molar-refractivity contribution in [2.24, 2.45) is 0 Å². The van der Waals surface area contributed by atoms with Crippen molar-refractivity contribution >= 4 is 5.91 Å². The van der Waals surface area contributed by atoms with Gasteiger partial charge in [0.25, 0.3) is 23.3 Å². The van der Waals surface area contributed by atoms with E-state index >= 15 is 0 Å². The van der Waals surface area contributed by atoms with Gasteiger partial charge in [0.15, 0.2) is 0 Å². The maximum absolute atomic E-state index is 14.7. The van der Waals surface area contributed by atoms with Crippen molar-refractivity contribution in [3.8, 4) is 16.9 Å². The van der Waals surface area contributed by atoms with Crippen LogP contribution in [0.2, 0.25) is 0 Å². The quantitative estimate of drug-likeness (QED) is 0.349. The molecular formula is C25H20F5N7O2. The van der Waals surface area contributed by atoms with E-state index in [1.54, 1.807) is 0 Å². The van der Waals surface area contributed by atoms with E-state index in [4.69, 9.17) is 0 Å². The molecule has 0 spiro atoms. The van der Waals surface area contributed by atoms with Crippen LogP contribution < -0.4 is 10.9 Å². The fourth-order valence-electron chi connectivity index (χ4n) is 4.12. The predicted octanol–water partition coefficient (Wildman–Crippen LogP) is 4.21. The van der Waals surface area contributed by atoms with Crippen molar-refractivity contribution in [2.75, 3.05) is 0 Å². The normalized spacial score (nSPS) is 17.1. The summed E-state index contributed by atoms with van der Waals surface area (Å²) in [4.78, 5) is 29.5. The van der Waals surface area contributed by atoms with Crippen LogP contribution in [0.3, 0.4) is 0 Å². The van der Waals surface area contributed by atoms with Gasteiger partial charge >= 0.3 is 0 Å². The van der Waals surface area contributed by atoms with Gasteiger partial charge in [-0.25, -0.2) is 26.6 Å². The number of hydrogen-bond acceptors (Lipinski definition) is 6. The first-order valence-electron chi connectivity index (χ1n) is 11.7. The molecule has 1 aliphatic carbocycles. The standard InChI is InChI=1S/C25H20F5N7O2/c1-13(16-4-3-5-17(22(16)26)24(2,27)28)33-23(39)18-6-7-21(38)36(34-18)15-8-14(10-31-11-15)19-12-32-35-37(19)20-9-25(20,29)30/h3-8,10-13,20H,9H2,1-2H3,(H,33,39)/t13-,20-/m1/s1. The predicted molar refractivity (Wildman–Crippen MR) is 127 cm³/mol. The number of alkyl halides is 4. The highest BCUT2D eigenvalue weighted by molar-refractivity contribution is 5.92. The van der Waals surface area contributed by atoms with Crippen LogP contribution in [0.15, 0.2) is 59.8 Å². The highest BCUT2D eigenvalue weighted by atomic mass is 19.3. The molecule has 0 aliphatic heterocycles. The van der Waals surface area contributed by atoms with Gasteiger partial charge in [0.2, 0.25) is 0 Å². The summed E-state index contributed by atoms with van der Waals surface area (Å²) in [5.41, 5.74) is -1.10. The summed E-state index contributed by atoms with van der Waals surface area (Å²) in [5, 5.41) is 14.0. The molecule has 0 unspecified atom stereocenters. The van der Waals surface area contributed by atoms with E-state index in [-0.39, 0.29) is 29.1 Å². The van der Waals surface area contributed by atoms with Crippen LogP contribution in [0, 0.1) is 5.82 Å². The summed E-state index contributed by atoms with van der Waals surface area (Å²) in [6, 6.07) is 5.03. The van der Waals surface area contributed by atoms with E-state index in [0.717, 1.165) is 27.6 Å². The van der Waals surface area contributed by atoms with Crippen molar-refractivity contribution in [3.63, 3.8) is 0 Å². The number of hydrogen-bond donors (Lipinski definition) is 1. The number of aromatic nitrogens is 6. The maximum atomic E-state index is 14.7. The molecule has 2 atom stereocenters. The summed E-state index contributed by atoms with van der Waals surface area (Å²) < 4.78 is 71.4. The Labute approximate surface area is 217 Å². The minimum absolute atomic E-state index is 0.124. The Bertz CT molecular complexity index is 1630. The Kier molecular flexibility index (Phi) is 6.27. The van der Waals surface area contributed by atoms with Crippen molar-refractivity contribution in [1.29, 1.82) is 0 Å². The van der Waals surface area contributed by atoms with Gasteiger partial charge in [0.1, 0.15) is 17.6 Å². The number of pyridine rings is 1. The minimum atomic E-state index is -3.42. The smallest absolute Gasteiger partial charge is 0.273 e. The van der Waals surface area contributed by atoms with Crippen LogP contribution in [0.1, 0.15) is 54.0 Å². The van der Waals surface area contributed by atoms with E-state index < -0.39 is 46.8 Å². The van der Waals surface area contributed by atoms with Gasteiger partial charge in [0, 0.05) is 36.7 Å². The molecule has 0 radical (unpaired) electrons. The summed E-state index contributed by atoms with van der Waals surface area (Å²) >= 11 is 0. The van der Waals surface area contributed by atoms with Gasteiger partial charge in [-0.1, -0.05) is 23.4 Å². The van der Waals surface area contributed by atoms with Crippen LogP contribution in [0.4, 0.5) is 22.0 Å². The van der Waals surface area contributed by atoms with Crippen LogP contribution in [-0.4, -0.2) is 41.6 Å². The zero-order chi connectivity index (χ0) is 28.1. The fourth-order valence-corrected chi connectivity index (χ4v) is 4.12. The Morgan fingerprint density at radius 2 is 1.92 bits per heavy atom. The second kappa shape index (κ2) is 9.36. The van der Waals surface area contributed by atoms with Crippen molar-refractivity contribution < 1.29 is 26.7 Å². The number of nitrogens with one attached hydrogen (secondary N) is 1. The highest BCUT2D eigenvalue weighted by Crippen LogP contribution is 2.53. The molecule has 1 N–H and O–H groups in total.